The van der Waals surface area contributed by atoms with Crippen molar-refractivity contribution < 1.29 is 41.0 Å². The number of carbonyl (C=O) groups is 2. The number of rotatable bonds is 12. The van der Waals surface area contributed by atoms with Crippen LogP contribution in [0.3, 0.4) is 0 Å². The van der Waals surface area contributed by atoms with Gasteiger partial charge in [0.05, 0.1) is 30.2 Å². The second kappa shape index (κ2) is 13.7. The van der Waals surface area contributed by atoms with Crippen LogP contribution >= 0.6 is 11.6 Å². The van der Waals surface area contributed by atoms with E-state index < -0.39 is 69.4 Å². The maximum Gasteiger partial charge on any atom is 0.414 e. The van der Waals surface area contributed by atoms with Crippen molar-refractivity contribution in [2.45, 2.75) is 68.5 Å². The van der Waals surface area contributed by atoms with E-state index in [1.54, 1.807) is 48.5 Å². The molecule has 2 aromatic carbocycles. The van der Waals surface area contributed by atoms with Crippen molar-refractivity contribution in [1.29, 1.82) is 0 Å². The number of likely N-dealkylation sites (tertiary alicyclic amines) is 1. The van der Waals surface area contributed by atoms with Gasteiger partial charge in [-0.05, 0) is 54.2 Å². The zero-order chi connectivity index (χ0) is 31.4. The fourth-order valence-corrected chi connectivity index (χ4v) is 7.19. The maximum absolute atomic E-state index is 13.5. The molecule has 1 aliphatic heterocycles. The normalized spacial score (nSPS) is 19.9. The summed E-state index contributed by atoms with van der Waals surface area (Å²) in [5.41, 5.74) is 7.31. The highest BCUT2D eigenvalue weighted by Gasteiger charge is 2.49. The molecule has 0 aliphatic carbocycles. The van der Waals surface area contributed by atoms with Crippen LogP contribution in [0.15, 0.2) is 48.5 Å². The maximum atomic E-state index is 13.5. The third kappa shape index (κ3) is 8.46. The predicted octanol–water partition coefficient (Wildman–Crippen LogP) is 3.96. The van der Waals surface area contributed by atoms with Gasteiger partial charge in [0, 0.05) is 23.9 Å². The summed E-state index contributed by atoms with van der Waals surface area (Å²) in [6.07, 6.45) is -8.65. The van der Waals surface area contributed by atoms with Gasteiger partial charge in [0.2, 0.25) is 5.91 Å². The third-order valence-electron chi connectivity index (χ3n) is 7.65. The average molecular weight is 633 g/mol. The summed E-state index contributed by atoms with van der Waals surface area (Å²) in [6.45, 7) is 2.56. The average Bonchev–Trinajstić information content (AvgIpc) is 3.37. The lowest BCUT2D eigenvalue weighted by Gasteiger charge is -2.31. The highest BCUT2D eigenvalue weighted by molar-refractivity contribution is 7.91. The molecule has 8 nitrogen and oxygen atoms in total. The van der Waals surface area contributed by atoms with Crippen LogP contribution in [0, 0.1) is 11.8 Å². The molecule has 1 saturated heterocycles. The Morgan fingerprint density at radius 1 is 1.14 bits per heavy atom. The standard InChI is InChI=1S/C29H36ClF3N2O6S/c1-17(2)23(27(37)29(31,32)33)14-26(36)25-13-22(42(39,40)16-18-7-9-21(41-3)10-8-18)15-35(25)28(38)24(34)12-19-5-4-6-20(30)11-19/h4-11,17,22-25,27,37H,12-16,34H2,1-3H3/t22-,23+,24+,25+,27+/m1/s1. The van der Waals surface area contributed by atoms with E-state index in [4.69, 9.17) is 22.1 Å². The monoisotopic (exact) mass is 632 g/mol. The van der Waals surface area contributed by atoms with E-state index in [0.717, 1.165) is 4.90 Å². The molecule has 1 fully saturated rings. The van der Waals surface area contributed by atoms with E-state index in [1.165, 1.54) is 21.0 Å². The molecule has 5 atom stereocenters. The number of ether oxygens (including phenoxy) is 1. The fraction of sp³-hybridized carbons (Fsp3) is 0.517. The second-order valence-corrected chi connectivity index (χ2v) is 13.7. The van der Waals surface area contributed by atoms with Gasteiger partial charge < -0.3 is 20.5 Å². The molecular formula is C29H36ClF3N2O6S. The number of alkyl halides is 3. The largest absolute Gasteiger partial charge is 0.497 e. The van der Waals surface area contributed by atoms with Crippen LogP contribution in [0.4, 0.5) is 13.2 Å². The van der Waals surface area contributed by atoms with Crippen molar-refractivity contribution in [3.63, 3.8) is 0 Å². The molecule has 42 heavy (non-hydrogen) atoms. The van der Waals surface area contributed by atoms with E-state index in [9.17, 15) is 36.3 Å². The van der Waals surface area contributed by atoms with E-state index >= 15 is 0 Å². The van der Waals surface area contributed by atoms with Gasteiger partial charge in [-0.1, -0.05) is 49.7 Å². The Kier molecular flexibility index (Phi) is 11.1. The lowest BCUT2D eigenvalue weighted by molar-refractivity contribution is -0.224. The molecule has 1 amide bonds. The van der Waals surface area contributed by atoms with Crippen LogP contribution in [-0.4, -0.2) is 73.4 Å². The van der Waals surface area contributed by atoms with Gasteiger partial charge in [-0.15, -0.1) is 0 Å². The van der Waals surface area contributed by atoms with Gasteiger partial charge in [0.25, 0.3) is 0 Å². The molecule has 1 heterocycles. The van der Waals surface area contributed by atoms with Gasteiger partial charge >= 0.3 is 6.18 Å². The van der Waals surface area contributed by atoms with E-state index in [0.29, 0.717) is 21.9 Å². The number of amides is 1. The van der Waals surface area contributed by atoms with Crippen molar-refractivity contribution >= 4 is 33.1 Å². The van der Waals surface area contributed by atoms with Gasteiger partial charge in [-0.25, -0.2) is 8.42 Å². The molecule has 0 unspecified atom stereocenters. The Bertz CT molecular complexity index is 1350. The Hall–Kier alpha value is -2.67. The summed E-state index contributed by atoms with van der Waals surface area (Å²) in [6, 6.07) is 10.6. The molecule has 3 N–H and O–H groups in total. The van der Waals surface area contributed by atoms with Crippen LogP contribution < -0.4 is 10.5 Å². The van der Waals surface area contributed by atoms with Crippen LogP contribution in [0.5, 0.6) is 5.75 Å². The number of aliphatic hydroxyl groups is 1. The van der Waals surface area contributed by atoms with Crippen molar-refractivity contribution in [3.8, 4) is 5.75 Å². The number of halogens is 4. The number of sulfone groups is 1. The first-order valence-corrected chi connectivity index (χ1v) is 15.5. The molecular weight excluding hydrogens is 597 g/mol. The molecule has 3 rings (SSSR count). The lowest BCUT2D eigenvalue weighted by atomic mass is 9.84. The number of methoxy groups -OCH3 is 1. The number of hydrogen-bond donors (Lipinski definition) is 2. The minimum Gasteiger partial charge on any atom is -0.497 e. The minimum absolute atomic E-state index is 0.0431. The highest BCUT2D eigenvalue weighted by Crippen LogP contribution is 2.35. The van der Waals surface area contributed by atoms with Crippen molar-refractivity contribution in [1.82, 2.24) is 4.90 Å². The molecule has 1 aliphatic rings. The van der Waals surface area contributed by atoms with Crippen molar-refractivity contribution in [2.24, 2.45) is 17.6 Å². The Morgan fingerprint density at radius 2 is 1.79 bits per heavy atom. The molecule has 2 aromatic rings. The third-order valence-corrected chi connectivity index (χ3v) is 9.98. The number of nitrogens with two attached hydrogens (primary N) is 1. The summed E-state index contributed by atoms with van der Waals surface area (Å²) in [5.74, 6) is -3.51. The summed E-state index contributed by atoms with van der Waals surface area (Å²) >= 11 is 6.03. The topological polar surface area (TPSA) is 127 Å². The number of nitrogens with zero attached hydrogens (tertiary/aromatic N) is 1. The van der Waals surface area contributed by atoms with Gasteiger partial charge in [0.15, 0.2) is 21.7 Å². The Balaban J connectivity index is 1.88. The smallest absolute Gasteiger partial charge is 0.414 e. The zero-order valence-corrected chi connectivity index (χ0v) is 25.1. The Labute approximate surface area is 248 Å². The van der Waals surface area contributed by atoms with Crippen LogP contribution in [-0.2, 0) is 31.6 Å². The van der Waals surface area contributed by atoms with Gasteiger partial charge in [-0.3, -0.25) is 9.59 Å². The van der Waals surface area contributed by atoms with Crippen molar-refractivity contribution in [2.75, 3.05) is 13.7 Å². The molecule has 0 aromatic heterocycles. The first kappa shape index (κ1) is 33.8. The molecule has 0 bridgehead atoms. The number of carbonyl (C=O) groups excluding carboxylic acids is 2. The van der Waals surface area contributed by atoms with Crippen molar-refractivity contribution in [3.05, 3.63) is 64.7 Å². The SMILES string of the molecule is COc1ccc(CS(=O)(=O)[C@@H]2C[C@@H](C(=O)C[C@@H](C(C)C)[C@H](O)C(F)(F)F)N(C(=O)[C@@H](N)Cc3cccc(Cl)c3)C2)cc1. The van der Waals surface area contributed by atoms with Crippen LogP contribution in [0.2, 0.25) is 5.02 Å². The summed E-state index contributed by atoms with van der Waals surface area (Å²) < 4.78 is 72.1. The first-order chi connectivity index (χ1) is 19.5. The zero-order valence-electron chi connectivity index (χ0n) is 23.6. The van der Waals surface area contributed by atoms with Gasteiger partial charge in [-0.2, -0.15) is 13.2 Å². The number of Topliss-reactive ketones (excluding diaryl/α,β-unsaturated/α-hetero) is 1. The quantitative estimate of drug-likeness (QED) is 0.363. The lowest BCUT2D eigenvalue weighted by Crippen LogP contribution is -2.50. The minimum atomic E-state index is -4.95. The number of aliphatic hydroxyl groups excluding tert-OH is 1. The predicted molar refractivity (Wildman–Crippen MR) is 153 cm³/mol. The first-order valence-electron chi connectivity index (χ1n) is 13.5. The summed E-state index contributed by atoms with van der Waals surface area (Å²) in [7, 11) is -2.44. The second-order valence-electron chi connectivity index (χ2n) is 11.0. The number of benzene rings is 2. The highest BCUT2D eigenvalue weighted by atomic mass is 35.5. The van der Waals surface area contributed by atoms with Crippen LogP contribution in [0.1, 0.15) is 37.8 Å². The molecule has 0 spiro atoms. The molecule has 0 saturated carbocycles. The molecule has 13 heteroatoms. The number of ketones is 1. The van der Waals surface area contributed by atoms with E-state index in [1.807, 2.05) is 0 Å². The number of hydrogen-bond acceptors (Lipinski definition) is 7. The summed E-state index contributed by atoms with van der Waals surface area (Å²) in [4.78, 5) is 28.1. The van der Waals surface area contributed by atoms with Crippen LogP contribution in [0.25, 0.3) is 0 Å². The Morgan fingerprint density at radius 3 is 2.33 bits per heavy atom. The fourth-order valence-electron chi connectivity index (χ4n) is 5.22. The van der Waals surface area contributed by atoms with E-state index in [-0.39, 0.29) is 25.1 Å². The molecule has 0 radical (unpaired) electrons. The van der Waals surface area contributed by atoms with Gasteiger partial charge in [0.1, 0.15) is 5.75 Å². The van der Waals surface area contributed by atoms with E-state index in [2.05, 4.69) is 0 Å². The molecule has 232 valence electrons. The summed E-state index contributed by atoms with van der Waals surface area (Å²) in [5, 5.41) is 9.22.